The third kappa shape index (κ3) is 3.03. The molecule has 1 fully saturated rings. The summed E-state index contributed by atoms with van der Waals surface area (Å²) in [5.74, 6) is 0. The van der Waals surface area contributed by atoms with Gasteiger partial charge in [0, 0.05) is 20.2 Å². The second-order valence-corrected chi connectivity index (χ2v) is 1.73. The molecule has 0 nitrogen and oxygen atoms in total. The van der Waals surface area contributed by atoms with Gasteiger partial charge in [-0.3, -0.25) is 0 Å². The molecule has 1 aliphatic rings. The van der Waals surface area contributed by atoms with Crippen LogP contribution in [-0.2, 0) is 0 Å². The van der Waals surface area contributed by atoms with Crippen LogP contribution in [0, 0.1) is 12.8 Å². The highest BCUT2D eigenvalue weighted by Crippen LogP contribution is 2.13. The molecule has 0 spiro atoms. The number of hydrogen-bond acceptors (Lipinski definition) is 0. The van der Waals surface area contributed by atoms with Crippen molar-refractivity contribution in [3.63, 3.8) is 0 Å². The van der Waals surface area contributed by atoms with Gasteiger partial charge in [0.2, 0.25) is 0 Å². The molecule has 40 valence electrons. The third-order valence-corrected chi connectivity index (χ3v) is 1.15. The van der Waals surface area contributed by atoms with Gasteiger partial charge in [-0.1, -0.05) is 0 Å². The van der Waals surface area contributed by atoms with Crippen molar-refractivity contribution in [3.8, 4) is 0 Å². The average molecular weight is 113 g/mol. The summed E-state index contributed by atoms with van der Waals surface area (Å²) < 4.78 is 0. The molecule has 0 atom stereocenters. The van der Waals surface area contributed by atoms with Gasteiger partial charge in [-0.25, -0.2) is 0 Å². The quantitative estimate of drug-likeness (QED) is 0.333. The summed E-state index contributed by atoms with van der Waals surface area (Å²) in [6.07, 6.45) is 10.0. The molecule has 0 aromatic heterocycles. The molecule has 0 amide bonds. The van der Waals surface area contributed by atoms with E-state index in [9.17, 15) is 0 Å². The zero-order valence-corrected chi connectivity index (χ0v) is 5.72. The first-order valence-corrected chi connectivity index (χ1v) is 2.63. The third-order valence-electron chi connectivity index (χ3n) is 1.15. The topological polar surface area (TPSA) is 0 Å². The average Bonchev–Trinajstić information content (AvgIpc) is 1.72. The van der Waals surface area contributed by atoms with Crippen LogP contribution < -0.4 is 0 Å². The smallest absolute Gasteiger partial charge is 0.0302 e. The normalized spacial score (nSPS) is 19.4. The number of hydrogen-bond donors (Lipinski definition) is 0. The Morgan fingerprint density at radius 2 is 1.86 bits per heavy atom. The Kier molecular flexibility index (Phi) is 4.82. The molecule has 0 N–H and O–H groups in total. The maximum Gasteiger partial charge on any atom is 0.0878 e. The van der Waals surface area contributed by atoms with E-state index < -0.39 is 0 Å². The van der Waals surface area contributed by atoms with E-state index >= 15 is 0 Å². The lowest BCUT2D eigenvalue weighted by molar-refractivity contribution is 0.714. The van der Waals surface area contributed by atoms with Crippen molar-refractivity contribution in [1.82, 2.24) is 0 Å². The van der Waals surface area contributed by atoms with Gasteiger partial charge in [-0.2, -0.15) is 0 Å². The molecular formula is C6H14Al+. The fourth-order valence-corrected chi connectivity index (χ4v) is 0.760. The molecule has 0 aromatic rings. The zero-order valence-electron chi connectivity index (χ0n) is 4.56. The van der Waals surface area contributed by atoms with Crippen molar-refractivity contribution in [2.75, 3.05) is 0 Å². The molecule has 1 rings (SSSR count). The summed E-state index contributed by atoms with van der Waals surface area (Å²) in [7, 11) is 0. The van der Waals surface area contributed by atoms with Crippen molar-refractivity contribution in [2.24, 2.45) is 0 Å². The summed E-state index contributed by atoms with van der Waals surface area (Å²) in [5.41, 5.74) is 0. The Hall–Kier alpha value is 0.402. The van der Waals surface area contributed by atoms with Crippen LogP contribution in [0.4, 0.5) is 0 Å². The van der Waals surface area contributed by atoms with Gasteiger partial charge < -0.3 is 0 Å². The number of rotatable bonds is 0. The molecule has 0 saturated heterocycles. The maximum absolute atomic E-state index is 2.36. The first kappa shape index (κ1) is 7.40. The Balaban J connectivity index is -0.000000120. The maximum atomic E-state index is 2.36. The molecule has 0 aliphatic heterocycles. The summed E-state index contributed by atoms with van der Waals surface area (Å²) in [5, 5.41) is 0. The lowest BCUT2D eigenvalue weighted by Gasteiger charge is -1.97. The first-order chi connectivity index (χ1) is 3.00. The van der Waals surface area contributed by atoms with E-state index in [0.29, 0.717) is 0 Å². The molecule has 1 saturated carbocycles. The second-order valence-electron chi connectivity index (χ2n) is 1.73. The monoisotopic (exact) mass is 113 g/mol. The largest absolute Gasteiger partial charge is 0.0878 e. The van der Waals surface area contributed by atoms with E-state index in [0.717, 1.165) is 0 Å². The minimum absolute atomic E-state index is 0. The van der Waals surface area contributed by atoms with Crippen molar-refractivity contribution >= 4 is 17.4 Å². The highest BCUT2D eigenvalue weighted by molar-refractivity contribution is 5.75. The van der Waals surface area contributed by atoms with Crippen LogP contribution in [0.1, 0.15) is 28.5 Å². The molecule has 0 unspecified atom stereocenters. The lowest BCUT2D eigenvalue weighted by Crippen LogP contribution is -1.88. The molecule has 4 radical (unpaired) electrons. The Morgan fingerprint density at radius 1 is 1.29 bits per heavy atom. The Bertz CT molecular complexity index is 26.5. The summed E-state index contributed by atoms with van der Waals surface area (Å²) in [6.45, 7) is 0. The van der Waals surface area contributed by atoms with Gasteiger partial charge >= 0.3 is 0 Å². The van der Waals surface area contributed by atoms with E-state index in [-0.39, 0.29) is 20.2 Å². The predicted octanol–water partition coefficient (Wildman–Crippen LogP) is 2.08. The minimum Gasteiger partial charge on any atom is -0.0302 e. The minimum atomic E-state index is 0. The standard InChI is InChI=1S/C6H10.Al.2H2/c1-2-4-6-5-3-1;;;/h1,6H,2-5H2;;2*1H/q+1;;;. The molecular weight excluding hydrogens is 99.0 g/mol. The van der Waals surface area contributed by atoms with E-state index in [4.69, 9.17) is 0 Å². The van der Waals surface area contributed by atoms with Gasteiger partial charge in [0.05, 0.1) is 19.3 Å². The SMILES string of the molecule is [Al].[CH]1CC[CH+]CC1.[HH].[HH]. The van der Waals surface area contributed by atoms with E-state index in [1.54, 1.807) is 0 Å². The highest BCUT2D eigenvalue weighted by Gasteiger charge is 2.04. The molecule has 7 heavy (non-hydrogen) atoms. The van der Waals surface area contributed by atoms with Gasteiger partial charge in [0.25, 0.3) is 0 Å². The summed E-state index contributed by atoms with van der Waals surface area (Å²) >= 11 is 0. The van der Waals surface area contributed by atoms with Crippen LogP contribution in [0.2, 0.25) is 0 Å². The van der Waals surface area contributed by atoms with E-state index in [1.165, 1.54) is 25.7 Å². The van der Waals surface area contributed by atoms with Crippen LogP contribution in [-0.4, -0.2) is 17.4 Å². The van der Waals surface area contributed by atoms with Crippen molar-refractivity contribution in [2.45, 2.75) is 25.7 Å². The van der Waals surface area contributed by atoms with Gasteiger partial charge in [-0.05, 0) is 19.3 Å². The van der Waals surface area contributed by atoms with Crippen LogP contribution in [0.15, 0.2) is 0 Å². The van der Waals surface area contributed by atoms with E-state index in [2.05, 4.69) is 12.8 Å². The first-order valence-electron chi connectivity index (χ1n) is 2.63. The molecule has 1 heteroatoms. The predicted molar refractivity (Wildman–Crippen MR) is 37.0 cm³/mol. The molecule has 0 heterocycles. The second kappa shape index (κ2) is 4.56. The fraction of sp³-hybridized carbons (Fsp3) is 0.667. The summed E-state index contributed by atoms with van der Waals surface area (Å²) in [6, 6.07) is 0. The molecule has 0 bridgehead atoms. The van der Waals surface area contributed by atoms with Crippen LogP contribution in [0.3, 0.4) is 0 Å². The zero-order chi connectivity index (χ0) is 4.24. The molecule has 1 aliphatic carbocycles. The van der Waals surface area contributed by atoms with Gasteiger partial charge in [0.1, 0.15) is 0 Å². The Labute approximate surface area is 59.4 Å². The van der Waals surface area contributed by atoms with Crippen LogP contribution in [0.5, 0.6) is 0 Å². The Morgan fingerprint density at radius 3 is 2.00 bits per heavy atom. The van der Waals surface area contributed by atoms with Crippen molar-refractivity contribution < 1.29 is 2.85 Å². The van der Waals surface area contributed by atoms with Crippen LogP contribution in [0.25, 0.3) is 0 Å². The van der Waals surface area contributed by atoms with Gasteiger partial charge in [-0.15, -0.1) is 0 Å². The van der Waals surface area contributed by atoms with Gasteiger partial charge in [0.15, 0.2) is 0 Å². The fourth-order valence-electron chi connectivity index (χ4n) is 0.760. The van der Waals surface area contributed by atoms with E-state index in [1.807, 2.05) is 0 Å². The molecule has 0 aromatic carbocycles. The summed E-state index contributed by atoms with van der Waals surface area (Å²) in [4.78, 5) is 0. The van der Waals surface area contributed by atoms with Crippen molar-refractivity contribution in [3.05, 3.63) is 12.8 Å². The van der Waals surface area contributed by atoms with Crippen LogP contribution >= 0.6 is 0 Å². The lowest BCUT2D eigenvalue weighted by atomic mass is 10.0. The van der Waals surface area contributed by atoms with Crippen molar-refractivity contribution in [1.29, 1.82) is 0 Å². The highest BCUT2D eigenvalue weighted by atomic mass is 27.0.